The molecular weight excluding hydrogens is 364 g/mol. The van der Waals surface area contributed by atoms with Gasteiger partial charge in [0.15, 0.2) is 0 Å². The molecule has 2 unspecified atom stereocenters. The Morgan fingerprint density at radius 3 is 2.69 bits per heavy atom. The number of nitriles is 1. The van der Waals surface area contributed by atoms with Crippen LogP contribution in [0.2, 0.25) is 0 Å². The molecule has 29 heavy (non-hydrogen) atoms. The monoisotopic (exact) mass is 392 g/mol. The molecule has 0 bridgehead atoms. The third kappa shape index (κ3) is 4.20. The number of aromatic nitrogens is 1. The number of carbonyl (C=O) groups excluding carboxylic acids is 1. The number of rotatable bonds is 4. The summed E-state index contributed by atoms with van der Waals surface area (Å²) in [6, 6.07) is 10.5. The van der Waals surface area contributed by atoms with Crippen molar-refractivity contribution < 1.29 is 4.79 Å². The Kier molecular flexibility index (Phi) is 5.68. The molecule has 2 aromatic rings. The van der Waals surface area contributed by atoms with E-state index in [4.69, 9.17) is 5.26 Å². The lowest BCUT2D eigenvalue weighted by Gasteiger charge is -2.36. The van der Waals surface area contributed by atoms with Gasteiger partial charge >= 0.3 is 0 Å². The van der Waals surface area contributed by atoms with Gasteiger partial charge < -0.3 is 9.88 Å². The van der Waals surface area contributed by atoms with Crippen molar-refractivity contribution in [2.24, 2.45) is 11.8 Å². The van der Waals surface area contributed by atoms with Crippen LogP contribution in [0, 0.1) is 23.2 Å². The molecule has 1 aliphatic heterocycles. The molecule has 1 saturated heterocycles. The highest BCUT2D eigenvalue weighted by Crippen LogP contribution is 2.32. The fourth-order valence-electron chi connectivity index (χ4n) is 4.62. The first-order valence-corrected chi connectivity index (χ1v) is 10.6. The highest BCUT2D eigenvalue weighted by molar-refractivity contribution is 5.80. The van der Waals surface area contributed by atoms with Crippen molar-refractivity contribution >= 4 is 16.8 Å². The van der Waals surface area contributed by atoms with Crippen LogP contribution in [0.15, 0.2) is 29.1 Å². The van der Waals surface area contributed by atoms with Crippen molar-refractivity contribution in [2.45, 2.75) is 39.2 Å². The van der Waals surface area contributed by atoms with Crippen LogP contribution < -0.4 is 5.56 Å². The first kappa shape index (κ1) is 19.7. The van der Waals surface area contributed by atoms with Crippen molar-refractivity contribution in [1.29, 1.82) is 5.26 Å². The molecule has 2 aliphatic rings. The third-order valence-corrected chi connectivity index (χ3v) is 6.42. The molecule has 0 radical (unpaired) electrons. The highest BCUT2D eigenvalue weighted by atomic mass is 16.2. The number of pyridine rings is 1. The van der Waals surface area contributed by atoms with Gasteiger partial charge in [-0.25, -0.2) is 0 Å². The predicted octanol–water partition coefficient (Wildman–Crippen LogP) is 2.67. The maximum atomic E-state index is 12.7. The number of piperazine rings is 1. The topological polar surface area (TPSA) is 80.2 Å². The second-order valence-electron chi connectivity index (χ2n) is 8.34. The summed E-state index contributed by atoms with van der Waals surface area (Å²) in [5.41, 5.74) is 2.86. The largest absolute Gasteiger partial charge is 0.340 e. The van der Waals surface area contributed by atoms with E-state index >= 15 is 0 Å². The van der Waals surface area contributed by atoms with Crippen LogP contribution in [0.25, 0.3) is 10.9 Å². The van der Waals surface area contributed by atoms with Gasteiger partial charge in [0.05, 0.1) is 6.07 Å². The van der Waals surface area contributed by atoms with Crippen LogP contribution in [0.4, 0.5) is 0 Å². The third-order valence-electron chi connectivity index (χ3n) is 6.42. The van der Waals surface area contributed by atoms with Crippen molar-refractivity contribution in [3.63, 3.8) is 0 Å². The summed E-state index contributed by atoms with van der Waals surface area (Å²) < 4.78 is 0. The maximum Gasteiger partial charge on any atom is 0.251 e. The van der Waals surface area contributed by atoms with Crippen molar-refractivity contribution in [3.8, 4) is 6.07 Å². The van der Waals surface area contributed by atoms with Gasteiger partial charge in [0, 0.05) is 55.6 Å². The molecule has 1 aromatic carbocycles. The first-order valence-electron chi connectivity index (χ1n) is 10.6. The average Bonchev–Trinajstić information content (AvgIpc) is 3.22. The number of nitrogens with one attached hydrogen (secondary N) is 1. The van der Waals surface area contributed by atoms with Gasteiger partial charge in [-0.05, 0) is 48.8 Å². The second-order valence-corrected chi connectivity index (χ2v) is 8.34. The molecule has 152 valence electrons. The zero-order chi connectivity index (χ0) is 20.4. The number of aryl methyl sites for hydroxylation is 1. The van der Waals surface area contributed by atoms with Gasteiger partial charge in [-0.1, -0.05) is 19.1 Å². The van der Waals surface area contributed by atoms with E-state index in [9.17, 15) is 9.59 Å². The molecule has 1 amide bonds. The van der Waals surface area contributed by atoms with E-state index in [1.165, 1.54) is 5.56 Å². The predicted molar refractivity (Wildman–Crippen MR) is 112 cm³/mol. The number of H-pyrrole nitrogens is 1. The standard InChI is InChI=1S/C23H28N4O2/c1-2-18-13-19-5-4-17(12-21(19)25-22(18)28)15-26-7-9-27(10-8-26)23(29)20-6-3-16(11-20)14-24/h4-5,12-13,16,20H,2-3,6-11,15H2,1H3,(H,25,28). The quantitative estimate of drug-likeness (QED) is 0.867. The number of amides is 1. The maximum absolute atomic E-state index is 12.7. The summed E-state index contributed by atoms with van der Waals surface area (Å²) in [7, 11) is 0. The molecule has 2 atom stereocenters. The zero-order valence-corrected chi connectivity index (χ0v) is 17.0. The van der Waals surface area contributed by atoms with Crippen LogP contribution in [0.5, 0.6) is 0 Å². The fraction of sp³-hybridized carbons (Fsp3) is 0.522. The Balaban J connectivity index is 1.35. The average molecular weight is 393 g/mol. The van der Waals surface area contributed by atoms with Crippen LogP contribution >= 0.6 is 0 Å². The van der Waals surface area contributed by atoms with Crippen molar-refractivity contribution in [1.82, 2.24) is 14.8 Å². The smallest absolute Gasteiger partial charge is 0.251 e. The number of benzene rings is 1. The Morgan fingerprint density at radius 2 is 2.00 bits per heavy atom. The molecule has 2 heterocycles. The van der Waals surface area contributed by atoms with Gasteiger partial charge in [-0.3, -0.25) is 14.5 Å². The van der Waals surface area contributed by atoms with E-state index in [0.29, 0.717) is 0 Å². The highest BCUT2D eigenvalue weighted by Gasteiger charge is 2.33. The van der Waals surface area contributed by atoms with Crippen LogP contribution in [0.3, 0.4) is 0 Å². The minimum absolute atomic E-state index is 0.00479. The normalized spacial score (nSPS) is 22.7. The van der Waals surface area contributed by atoms with E-state index in [-0.39, 0.29) is 23.3 Å². The Labute approximate surface area is 171 Å². The molecule has 6 nitrogen and oxygen atoms in total. The van der Waals surface area contributed by atoms with Crippen LogP contribution in [-0.2, 0) is 17.8 Å². The molecule has 1 saturated carbocycles. The molecule has 0 spiro atoms. The zero-order valence-electron chi connectivity index (χ0n) is 17.0. The lowest BCUT2D eigenvalue weighted by molar-refractivity contribution is -0.137. The summed E-state index contributed by atoms with van der Waals surface area (Å²) in [6.07, 6.45) is 3.17. The number of aromatic amines is 1. The Bertz CT molecular complexity index is 998. The number of fused-ring (bicyclic) bond motifs is 1. The van der Waals surface area contributed by atoms with E-state index in [1.807, 2.05) is 17.9 Å². The summed E-state index contributed by atoms with van der Waals surface area (Å²) in [4.78, 5) is 32.1. The number of hydrogen-bond acceptors (Lipinski definition) is 4. The fourth-order valence-corrected chi connectivity index (χ4v) is 4.62. The lowest BCUT2D eigenvalue weighted by atomic mass is 10.0. The van der Waals surface area contributed by atoms with Gasteiger partial charge in [0.25, 0.3) is 5.56 Å². The molecular formula is C23H28N4O2. The molecule has 6 heteroatoms. The molecule has 2 fully saturated rings. The van der Waals surface area contributed by atoms with E-state index in [2.05, 4.69) is 34.2 Å². The summed E-state index contributed by atoms with van der Waals surface area (Å²) >= 11 is 0. The number of nitrogens with zero attached hydrogens (tertiary/aromatic N) is 3. The minimum atomic E-state index is -0.00479. The van der Waals surface area contributed by atoms with Gasteiger partial charge in [-0.15, -0.1) is 0 Å². The molecule has 4 rings (SSSR count). The van der Waals surface area contributed by atoms with E-state index in [1.54, 1.807) is 0 Å². The number of hydrogen-bond donors (Lipinski definition) is 1. The number of carbonyl (C=O) groups is 1. The molecule has 1 aromatic heterocycles. The lowest BCUT2D eigenvalue weighted by Crippen LogP contribution is -2.49. The summed E-state index contributed by atoms with van der Waals surface area (Å²) in [5.74, 6) is 0.326. The Hall–Kier alpha value is -2.65. The van der Waals surface area contributed by atoms with Crippen molar-refractivity contribution in [2.75, 3.05) is 26.2 Å². The van der Waals surface area contributed by atoms with Gasteiger partial charge in [0.1, 0.15) is 0 Å². The van der Waals surface area contributed by atoms with E-state index in [0.717, 1.165) is 74.9 Å². The van der Waals surface area contributed by atoms with Crippen molar-refractivity contribution in [3.05, 3.63) is 45.7 Å². The van der Waals surface area contributed by atoms with Gasteiger partial charge in [-0.2, -0.15) is 5.26 Å². The second kappa shape index (κ2) is 8.38. The Morgan fingerprint density at radius 1 is 1.21 bits per heavy atom. The summed E-state index contributed by atoms with van der Waals surface area (Å²) in [6.45, 7) is 6.00. The molecule has 1 N–H and O–H groups in total. The minimum Gasteiger partial charge on any atom is -0.340 e. The van der Waals surface area contributed by atoms with Crippen LogP contribution in [0.1, 0.15) is 37.3 Å². The van der Waals surface area contributed by atoms with Crippen LogP contribution in [-0.4, -0.2) is 46.9 Å². The molecule has 1 aliphatic carbocycles. The first-order chi connectivity index (χ1) is 14.1. The van der Waals surface area contributed by atoms with E-state index < -0.39 is 0 Å². The SMILES string of the molecule is CCc1cc2ccc(CN3CCN(C(=O)C4CCC(C#N)C4)CC3)cc2[nH]c1=O. The van der Waals surface area contributed by atoms with Gasteiger partial charge in [0.2, 0.25) is 5.91 Å². The summed E-state index contributed by atoms with van der Waals surface area (Å²) in [5, 5.41) is 10.1.